The molecule has 0 radical (unpaired) electrons. The molecule has 1 aromatic rings. The predicted molar refractivity (Wildman–Crippen MR) is 123 cm³/mol. The largest absolute Gasteiger partial charge is 0.444 e. The first-order valence-corrected chi connectivity index (χ1v) is 12.3. The van der Waals surface area contributed by atoms with Gasteiger partial charge >= 0.3 is 6.09 Å². The number of nitrogens with zero attached hydrogens (tertiary/aromatic N) is 2. The van der Waals surface area contributed by atoms with Gasteiger partial charge in [-0.1, -0.05) is 13.8 Å². The molecule has 1 amide bonds. The van der Waals surface area contributed by atoms with Crippen LogP contribution in [0.5, 0.6) is 0 Å². The van der Waals surface area contributed by atoms with Crippen LogP contribution in [0.1, 0.15) is 80.4 Å². The summed E-state index contributed by atoms with van der Waals surface area (Å²) in [5.74, 6) is -0.0535. The number of likely N-dealkylation sites (tertiary alicyclic amines) is 1. The molecule has 2 heterocycles. The number of thiophene rings is 1. The zero-order valence-electron chi connectivity index (χ0n) is 19.0. The Morgan fingerprint density at radius 3 is 2.33 bits per heavy atom. The van der Waals surface area contributed by atoms with Gasteiger partial charge in [-0.2, -0.15) is 0 Å². The smallest absolute Gasteiger partial charge is 0.412 e. The van der Waals surface area contributed by atoms with Gasteiger partial charge < -0.3 is 14.7 Å². The van der Waals surface area contributed by atoms with Crippen LogP contribution < -0.4 is 0 Å². The van der Waals surface area contributed by atoms with Crippen LogP contribution >= 0.6 is 23.1 Å². The second kappa shape index (κ2) is 10.2. The minimum absolute atomic E-state index is 0.0120. The van der Waals surface area contributed by atoms with Crippen molar-refractivity contribution in [3.63, 3.8) is 0 Å². The van der Waals surface area contributed by atoms with Crippen molar-refractivity contribution in [1.29, 1.82) is 0 Å². The highest BCUT2D eigenvalue weighted by Gasteiger charge is 2.33. The molecule has 0 bridgehead atoms. The van der Waals surface area contributed by atoms with Crippen molar-refractivity contribution in [1.82, 2.24) is 9.80 Å². The standard InChI is InChI=1S/C22H34N2O4S2/c1-14(2)16-17(19(26)23(6)21(27)28-22(3,4)5)20(29-7)30-18(16)15(25)10-13-24-11-8-9-12-24/h10,13-14,19,26H,8-9,11-12H2,1-7H3/b13-10+. The van der Waals surface area contributed by atoms with E-state index in [1.165, 1.54) is 35.0 Å². The van der Waals surface area contributed by atoms with Gasteiger partial charge in [0, 0.05) is 38.0 Å². The lowest BCUT2D eigenvalue weighted by Crippen LogP contribution is -2.37. The molecule has 0 spiro atoms. The average molecular weight is 455 g/mol. The van der Waals surface area contributed by atoms with Crippen molar-refractivity contribution in [2.45, 2.75) is 69.4 Å². The van der Waals surface area contributed by atoms with E-state index in [2.05, 4.69) is 4.90 Å². The second-order valence-electron chi connectivity index (χ2n) is 8.79. The molecule has 1 aromatic heterocycles. The highest BCUT2D eigenvalue weighted by Crippen LogP contribution is 2.43. The van der Waals surface area contributed by atoms with Crippen molar-refractivity contribution >= 4 is 35.0 Å². The number of aliphatic hydroxyl groups is 1. The zero-order valence-corrected chi connectivity index (χ0v) is 20.7. The molecule has 1 aliphatic rings. The van der Waals surface area contributed by atoms with Crippen molar-refractivity contribution in [3.05, 3.63) is 28.3 Å². The molecule has 1 fully saturated rings. The summed E-state index contributed by atoms with van der Waals surface area (Å²) >= 11 is 2.85. The van der Waals surface area contributed by atoms with Gasteiger partial charge in [0.15, 0.2) is 12.0 Å². The van der Waals surface area contributed by atoms with Crippen LogP contribution in [0.3, 0.4) is 0 Å². The van der Waals surface area contributed by atoms with Gasteiger partial charge in [-0.3, -0.25) is 9.69 Å². The molecule has 30 heavy (non-hydrogen) atoms. The minimum Gasteiger partial charge on any atom is -0.444 e. The van der Waals surface area contributed by atoms with E-state index in [-0.39, 0.29) is 11.7 Å². The van der Waals surface area contributed by atoms with E-state index < -0.39 is 17.9 Å². The van der Waals surface area contributed by atoms with Crippen LogP contribution in [0.2, 0.25) is 0 Å². The van der Waals surface area contributed by atoms with E-state index in [1.54, 1.807) is 26.8 Å². The summed E-state index contributed by atoms with van der Waals surface area (Å²) in [6, 6.07) is 0. The molecular weight excluding hydrogens is 420 g/mol. The molecule has 6 nitrogen and oxygen atoms in total. The first kappa shape index (κ1) is 24.8. The molecule has 1 atom stereocenters. The number of amides is 1. The van der Waals surface area contributed by atoms with E-state index in [0.29, 0.717) is 10.4 Å². The van der Waals surface area contributed by atoms with Gasteiger partial charge in [0.05, 0.1) is 9.09 Å². The van der Waals surface area contributed by atoms with Gasteiger partial charge in [0.2, 0.25) is 0 Å². The fourth-order valence-electron chi connectivity index (χ4n) is 3.35. The number of carbonyl (C=O) groups is 2. The predicted octanol–water partition coefficient (Wildman–Crippen LogP) is 5.24. The van der Waals surface area contributed by atoms with E-state index in [9.17, 15) is 14.7 Å². The lowest BCUT2D eigenvalue weighted by molar-refractivity contribution is -0.0219. The normalized spacial score (nSPS) is 15.8. The number of ketones is 1. The fraction of sp³-hybridized carbons (Fsp3) is 0.636. The summed E-state index contributed by atoms with van der Waals surface area (Å²) in [6.45, 7) is 11.3. The van der Waals surface area contributed by atoms with Crippen molar-refractivity contribution in [3.8, 4) is 0 Å². The Bertz CT molecular complexity index is 790. The third-order valence-corrected chi connectivity index (χ3v) is 7.19. The van der Waals surface area contributed by atoms with Crippen LogP contribution in [-0.2, 0) is 4.74 Å². The Morgan fingerprint density at radius 2 is 1.83 bits per heavy atom. The number of allylic oxidation sites excluding steroid dienone is 1. The molecule has 1 unspecified atom stereocenters. The molecule has 168 valence electrons. The number of aliphatic hydroxyl groups excluding tert-OH is 1. The Labute approximate surface area is 188 Å². The van der Waals surface area contributed by atoms with Crippen LogP contribution in [-0.4, -0.2) is 58.8 Å². The highest BCUT2D eigenvalue weighted by molar-refractivity contribution is 8.00. The Kier molecular flexibility index (Phi) is 8.42. The maximum Gasteiger partial charge on any atom is 0.412 e. The van der Waals surface area contributed by atoms with E-state index in [0.717, 1.165) is 35.7 Å². The third-order valence-electron chi connectivity index (χ3n) is 4.82. The quantitative estimate of drug-likeness (QED) is 0.263. The SMILES string of the molecule is CSc1sc(C(=O)/C=C/N2CCCC2)c(C(C)C)c1C(O)N(C)C(=O)OC(C)(C)C. The lowest BCUT2D eigenvalue weighted by Gasteiger charge is -2.29. The molecule has 1 aliphatic heterocycles. The average Bonchev–Trinajstić information content (AvgIpc) is 3.30. The lowest BCUT2D eigenvalue weighted by atomic mass is 9.96. The molecule has 8 heteroatoms. The molecule has 1 N–H and O–H groups in total. The zero-order chi connectivity index (χ0) is 22.6. The second-order valence-corrected chi connectivity index (χ2v) is 10.9. The van der Waals surface area contributed by atoms with Gasteiger partial charge in [0.1, 0.15) is 5.60 Å². The highest BCUT2D eigenvalue weighted by atomic mass is 32.2. The number of hydrogen-bond donors (Lipinski definition) is 1. The van der Waals surface area contributed by atoms with Crippen LogP contribution in [0.4, 0.5) is 4.79 Å². The van der Waals surface area contributed by atoms with E-state index >= 15 is 0 Å². The summed E-state index contributed by atoms with van der Waals surface area (Å²) in [6.07, 6.45) is 5.91. The van der Waals surface area contributed by atoms with Gasteiger partial charge in [-0.05, 0) is 51.3 Å². The van der Waals surface area contributed by atoms with Crippen LogP contribution in [0.25, 0.3) is 0 Å². The number of carbonyl (C=O) groups excluding carboxylic acids is 2. The number of thioether (sulfide) groups is 1. The molecule has 0 aliphatic carbocycles. The third kappa shape index (κ3) is 6.02. The molecule has 2 rings (SSSR count). The summed E-state index contributed by atoms with van der Waals surface area (Å²) < 4.78 is 6.24. The summed E-state index contributed by atoms with van der Waals surface area (Å²) in [5.41, 5.74) is 0.752. The summed E-state index contributed by atoms with van der Waals surface area (Å²) in [5, 5.41) is 11.1. The molecule has 0 aromatic carbocycles. The molecular formula is C22H34N2O4S2. The number of hydrogen-bond acceptors (Lipinski definition) is 7. The first-order chi connectivity index (χ1) is 14.0. The number of ether oxygens (including phenoxy) is 1. The van der Waals surface area contributed by atoms with E-state index in [1.807, 2.05) is 26.3 Å². The van der Waals surface area contributed by atoms with E-state index in [4.69, 9.17) is 4.74 Å². The van der Waals surface area contributed by atoms with Crippen molar-refractivity contribution in [2.24, 2.45) is 0 Å². The molecule has 1 saturated heterocycles. The van der Waals surface area contributed by atoms with Crippen LogP contribution in [0, 0.1) is 0 Å². The first-order valence-electron chi connectivity index (χ1n) is 10.3. The van der Waals surface area contributed by atoms with Gasteiger partial charge in [-0.15, -0.1) is 23.1 Å². The Morgan fingerprint density at radius 1 is 1.23 bits per heavy atom. The minimum atomic E-state index is -1.19. The molecule has 0 saturated carbocycles. The summed E-state index contributed by atoms with van der Waals surface area (Å²) in [7, 11) is 1.51. The van der Waals surface area contributed by atoms with Gasteiger partial charge in [-0.25, -0.2) is 4.79 Å². The monoisotopic (exact) mass is 454 g/mol. The van der Waals surface area contributed by atoms with Crippen molar-refractivity contribution < 1.29 is 19.4 Å². The fourth-order valence-corrected chi connectivity index (χ4v) is 5.51. The summed E-state index contributed by atoms with van der Waals surface area (Å²) in [4.78, 5) is 29.5. The Hall–Kier alpha value is -1.51. The topological polar surface area (TPSA) is 70.1 Å². The maximum absolute atomic E-state index is 13.0. The van der Waals surface area contributed by atoms with Crippen LogP contribution in [0.15, 0.2) is 16.5 Å². The van der Waals surface area contributed by atoms with Crippen molar-refractivity contribution in [2.75, 3.05) is 26.4 Å². The Balaban J connectivity index is 2.38. The van der Waals surface area contributed by atoms with Gasteiger partial charge in [0.25, 0.3) is 0 Å². The maximum atomic E-state index is 13.0. The number of rotatable bonds is 7.